The molecule has 0 amide bonds. The van der Waals surface area contributed by atoms with Gasteiger partial charge in [-0.2, -0.15) is 0 Å². The van der Waals surface area contributed by atoms with Gasteiger partial charge in [0.1, 0.15) is 10.3 Å². The maximum Gasteiger partial charge on any atom is 0.136 e. The summed E-state index contributed by atoms with van der Waals surface area (Å²) >= 11 is 1.79. The third-order valence-electron chi connectivity index (χ3n) is 5.21. The molecule has 3 nitrogen and oxygen atoms in total. The first kappa shape index (κ1) is 14.8. The molecule has 2 aromatic carbocycles. The van der Waals surface area contributed by atoms with E-state index in [2.05, 4.69) is 47.4 Å². The van der Waals surface area contributed by atoms with Gasteiger partial charge in [0.25, 0.3) is 0 Å². The average molecular weight is 345 g/mol. The van der Waals surface area contributed by atoms with Crippen molar-refractivity contribution >= 4 is 32.3 Å². The zero-order valence-electron chi connectivity index (χ0n) is 14.0. The van der Waals surface area contributed by atoms with Gasteiger partial charge >= 0.3 is 0 Å². The van der Waals surface area contributed by atoms with Crippen LogP contribution in [-0.4, -0.2) is 9.55 Å². The highest BCUT2D eigenvalue weighted by Crippen LogP contribution is 2.33. The molecule has 0 unspecified atom stereocenters. The molecular formula is C21H19N3S. The monoisotopic (exact) mass is 345 g/mol. The van der Waals surface area contributed by atoms with Crippen molar-refractivity contribution in [1.82, 2.24) is 9.55 Å². The molecule has 0 fully saturated rings. The molecule has 0 radical (unpaired) electrons. The van der Waals surface area contributed by atoms with Gasteiger partial charge < -0.3 is 4.57 Å². The fourth-order valence-electron chi connectivity index (χ4n) is 3.94. The van der Waals surface area contributed by atoms with Crippen LogP contribution >= 0.6 is 11.3 Å². The van der Waals surface area contributed by atoms with E-state index in [9.17, 15) is 0 Å². The molecule has 25 heavy (non-hydrogen) atoms. The molecule has 1 aliphatic rings. The van der Waals surface area contributed by atoms with Crippen LogP contribution in [0.4, 0.5) is 0 Å². The second kappa shape index (κ2) is 5.81. The molecular weight excluding hydrogens is 326 g/mol. The Morgan fingerprint density at radius 2 is 1.88 bits per heavy atom. The normalized spacial score (nSPS) is 14.1. The first-order chi connectivity index (χ1) is 12.3. The summed E-state index contributed by atoms with van der Waals surface area (Å²) in [6.45, 7) is 0.688. The van der Waals surface area contributed by atoms with Crippen molar-refractivity contribution in [2.75, 3.05) is 0 Å². The molecule has 1 N–H and O–H groups in total. The molecule has 5 rings (SSSR count). The van der Waals surface area contributed by atoms with Crippen molar-refractivity contribution in [2.45, 2.75) is 32.2 Å². The van der Waals surface area contributed by atoms with Gasteiger partial charge in [-0.15, -0.1) is 11.3 Å². The Hall–Kier alpha value is -2.46. The Balaban J connectivity index is 1.66. The van der Waals surface area contributed by atoms with Crippen molar-refractivity contribution in [1.29, 1.82) is 5.41 Å². The number of hydrogen-bond donors (Lipinski definition) is 1. The summed E-state index contributed by atoms with van der Waals surface area (Å²) in [5, 5.41) is 12.4. The summed E-state index contributed by atoms with van der Waals surface area (Å²) in [5.74, 6) is 0. The number of nitrogens with one attached hydrogen (secondary N) is 1. The summed E-state index contributed by atoms with van der Waals surface area (Å²) in [7, 11) is 0. The van der Waals surface area contributed by atoms with Crippen LogP contribution in [0, 0.1) is 5.41 Å². The van der Waals surface area contributed by atoms with E-state index >= 15 is 0 Å². The number of aromatic nitrogens is 2. The maximum absolute atomic E-state index is 8.78. The minimum Gasteiger partial charge on any atom is -0.312 e. The number of rotatable bonds is 2. The molecule has 0 aliphatic heterocycles. The van der Waals surface area contributed by atoms with E-state index in [1.807, 2.05) is 10.9 Å². The Kier molecular flexibility index (Phi) is 3.45. The Morgan fingerprint density at radius 1 is 1.04 bits per heavy atom. The van der Waals surface area contributed by atoms with E-state index in [1.54, 1.807) is 11.3 Å². The highest BCUT2D eigenvalue weighted by molar-refractivity contribution is 7.18. The summed E-state index contributed by atoms with van der Waals surface area (Å²) in [6, 6.07) is 14.8. The smallest absolute Gasteiger partial charge is 0.136 e. The topological polar surface area (TPSA) is 41.7 Å². The van der Waals surface area contributed by atoms with Crippen LogP contribution in [0.1, 0.15) is 28.8 Å². The van der Waals surface area contributed by atoms with Gasteiger partial charge in [-0.3, -0.25) is 5.41 Å². The SMILES string of the molecule is N=c1c2c3c(sc2ncn1Cc1cccc2ccccc12)CCCC3. The highest BCUT2D eigenvalue weighted by atomic mass is 32.1. The fourth-order valence-corrected chi connectivity index (χ4v) is 5.17. The van der Waals surface area contributed by atoms with Crippen molar-refractivity contribution in [3.63, 3.8) is 0 Å². The van der Waals surface area contributed by atoms with Crippen LogP contribution in [-0.2, 0) is 19.4 Å². The van der Waals surface area contributed by atoms with Crippen LogP contribution in [0.5, 0.6) is 0 Å². The summed E-state index contributed by atoms with van der Waals surface area (Å²) in [5.41, 5.74) is 3.23. The van der Waals surface area contributed by atoms with Gasteiger partial charge in [-0.25, -0.2) is 4.98 Å². The standard InChI is InChI=1S/C21H19N3S/c22-20-19-17-10-3-4-11-18(17)25-21(19)23-13-24(20)12-15-8-5-7-14-6-1-2-9-16(14)15/h1-2,5-9,13,22H,3-4,10-12H2. The molecule has 2 heterocycles. The lowest BCUT2D eigenvalue weighted by Gasteiger charge is -2.12. The zero-order valence-corrected chi connectivity index (χ0v) is 14.8. The van der Waals surface area contributed by atoms with Gasteiger partial charge in [0.2, 0.25) is 0 Å². The van der Waals surface area contributed by atoms with Gasteiger partial charge in [0.15, 0.2) is 0 Å². The highest BCUT2D eigenvalue weighted by Gasteiger charge is 2.18. The molecule has 124 valence electrons. The minimum absolute atomic E-state index is 0.609. The molecule has 4 aromatic rings. The van der Waals surface area contributed by atoms with Crippen LogP contribution < -0.4 is 5.49 Å². The van der Waals surface area contributed by atoms with E-state index in [1.165, 1.54) is 39.6 Å². The van der Waals surface area contributed by atoms with Gasteiger partial charge in [-0.1, -0.05) is 42.5 Å². The van der Waals surface area contributed by atoms with Crippen LogP contribution in [0.2, 0.25) is 0 Å². The summed E-state index contributed by atoms with van der Waals surface area (Å²) in [6.07, 6.45) is 6.59. The number of aryl methyl sites for hydroxylation is 2. The molecule has 0 spiro atoms. The summed E-state index contributed by atoms with van der Waals surface area (Å²) in [4.78, 5) is 7.17. The third kappa shape index (κ3) is 2.40. The second-order valence-corrected chi connectivity index (χ2v) is 7.83. The second-order valence-electron chi connectivity index (χ2n) is 6.75. The predicted octanol–water partition coefficient (Wildman–Crippen LogP) is 4.66. The molecule has 0 saturated heterocycles. The Labute approximate surface area is 150 Å². The molecule has 2 aromatic heterocycles. The Morgan fingerprint density at radius 3 is 2.84 bits per heavy atom. The van der Waals surface area contributed by atoms with Crippen molar-refractivity contribution in [3.8, 4) is 0 Å². The maximum atomic E-state index is 8.78. The van der Waals surface area contributed by atoms with Crippen molar-refractivity contribution < 1.29 is 0 Å². The molecule has 4 heteroatoms. The van der Waals surface area contributed by atoms with E-state index in [4.69, 9.17) is 5.41 Å². The number of hydrogen-bond acceptors (Lipinski definition) is 3. The van der Waals surface area contributed by atoms with Crippen LogP contribution in [0.3, 0.4) is 0 Å². The number of benzene rings is 2. The predicted molar refractivity (Wildman–Crippen MR) is 103 cm³/mol. The molecule has 0 saturated carbocycles. The van der Waals surface area contributed by atoms with Crippen LogP contribution in [0.25, 0.3) is 21.0 Å². The van der Waals surface area contributed by atoms with Gasteiger partial charge in [-0.05, 0) is 47.6 Å². The average Bonchev–Trinajstić information content (AvgIpc) is 3.03. The lowest BCUT2D eigenvalue weighted by molar-refractivity contribution is 0.694. The molecule has 0 atom stereocenters. The number of thiophene rings is 1. The third-order valence-corrected chi connectivity index (χ3v) is 6.41. The Bertz CT molecular complexity index is 1150. The zero-order chi connectivity index (χ0) is 16.8. The fraction of sp³-hybridized carbons (Fsp3) is 0.238. The quantitative estimate of drug-likeness (QED) is 0.564. The van der Waals surface area contributed by atoms with Crippen molar-refractivity contribution in [2.24, 2.45) is 0 Å². The summed E-state index contributed by atoms with van der Waals surface area (Å²) < 4.78 is 1.99. The minimum atomic E-state index is 0.609. The first-order valence-corrected chi connectivity index (χ1v) is 9.64. The number of nitrogens with zero attached hydrogens (tertiary/aromatic N) is 2. The van der Waals surface area contributed by atoms with E-state index in [-0.39, 0.29) is 0 Å². The van der Waals surface area contributed by atoms with Gasteiger partial charge in [0, 0.05) is 4.88 Å². The lowest BCUT2D eigenvalue weighted by Crippen LogP contribution is -2.22. The largest absolute Gasteiger partial charge is 0.312 e. The molecule has 1 aliphatic carbocycles. The van der Waals surface area contributed by atoms with E-state index in [0.717, 1.165) is 23.1 Å². The molecule has 0 bridgehead atoms. The van der Waals surface area contributed by atoms with Crippen LogP contribution in [0.15, 0.2) is 48.8 Å². The first-order valence-electron chi connectivity index (χ1n) is 8.82. The van der Waals surface area contributed by atoms with Gasteiger partial charge in [0.05, 0.1) is 18.3 Å². The number of fused-ring (bicyclic) bond motifs is 4. The lowest BCUT2D eigenvalue weighted by atomic mass is 9.97. The van der Waals surface area contributed by atoms with Crippen molar-refractivity contribution in [3.05, 3.63) is 70.3 Å². The van der Waals surface area contributed by atoms with E-state index in [0.29, 0.717) is 12.0 Å². The van der Waals surface area contributed by atoms with E-state index < -0.39 is 0 Å².